The van der Waals surface area contributed by atoms with Crippen LogP contribution < -0.4 is 5.73 Å². The van der Waals surface area contributed by atoms with Gasteiger partial charge in [-0.3, -0.25) is 0 Å². The Labute approximate surface area is 120 Å². The van der Waals surface area contributed by atoms with Gasteiger partial charge < -0.3 is 10.6 Å². The van der Waals surface area contributed by atoms with Gasteiger partial charge in [0, 0.05) is 11.4 Å². The van der Waals surface area contributed by atoms with Crippen molar-refractivity contribution in [2.45, 2.75) is 33.2 Å². The molecule has 1 rings (SSSR count). The molecule has 0 aromatic carbocycles. The highest BCUT2D eigenvalue weighted by molar-refractivity contribution is 7.16. The van der Waals surface area contributed by atoms with Crippen molar-refractivity contribution in [1.29, 1.82) is 0 Å². The molecule has 0 saturated heterocycles. The number of rotatable bonds is 8. The van der Waals surface area contributed by atoms with E-state index in [9.17, 15) is 0 Å². The van der Waals surface area contributed by atoms with E-state index in [0.29, 0.717) is 5.92 Å². The van der Waals surface area contributed by atoms with Gasteiger partial charge in [-0.25, -0.2) is 0 Å². The van der Waals surface area contributed by atoms with Gasteiger partial charge in [-0.2, -0.15) is 0 Å². The lowest BCUT2D eigenvalue weighted by Gasteiger charge is -2.21. The standard InChI is InChI=1S/C14H25ClN2S/c1-11(2)8-12(9-16)6-7-17(3)10-13-4-5-14(15)18-13/h4-5,11-12H,6-10,16H2,1-3H3/t12-/m1/s1. The Bertz CT molecular complexity index is 338. The summed E-state index contributed by atoms with van der Waals surface area (Å²) in [6.07, 6.45) is 2.42. The van der Waals surface area contributed by atoms with Gasteiger partial charge in [0.2, 0.25) is 0 Å². The molecule has 0 spiro atoms. The Morgan fingerprint density at radius 1 is 1.39 bits per heavy atom. The average Bonchev–Trinajstić information content (AvgIpc) is 2.69. The van der Waals surface area contributed by atoms with Gasteiger partial charge in [-0.05, 0) is 56.9 Å². The first-order valence-electron chi connectivity index (χ1n) is 6.64. The molecule has 0 unspecified atom stereocenters. The van der Waals surface area contributed by atoms with E-state index >= 15 is 0 Å². The van der Waals surface area contributed by atoms with Gasteiger partial charge in [-0.1, -0.05) is 25.4 Å². The fourth-order valence-corrected chi connectivity index (χ4v) is 3.35. The molecular formula is C14H25ClN2S. The van der Waals surface area contributed by atoms with Crippen molar-refractivity contribution in [1.82, 2.24) is 4.90 Å². The lowest BCUT2D eigenvalue weighted by molar-refractivity contribution is 0.280. The van der Waals surface area contributed by atoms with E-state index in [1.807, 2.05) is 6.07 Å². The maximum atomic E-state index is 5.93. The highest BCUT2D eigenvalue weighted by Gasteiger charge is 2.11. The highest BCUT2D eigenvalue weighted by Crippen LogP contribution is 2.22. The van der Waals surface area contributed by atoms with Crippen LogP contribution in [0, 0.1) is 11.8 Å². The third kappa shape index (κ3) is 6.19. The molecule has 0 saturated carbocycles. The van der Waals surface area contributed by atoms with Crippen LogP contribution >= 0.6 is 22.9 Å². The van der Waals surface area contributed by atoms with Gasteiger partial charge in [0.05, 0.1) is 4.34 Å². The minimum absolute atomic E-state index is 0.652. The van der Waals surface area contributed by atoms with Crippen LogP contribution in [0.1, 0.15) is 31.6 Å². The molecule has 4 heteroatoms. The summed E-state index contributed by atoms with van der Waals surface area (Å²) in [4.78, 5) is 3.68. The van der Waals surface area contributed by atoms with E-state index < -0.39 is 0 Å². The lowest BCUT2D eigenvalue weighted by atomic mass is 9.94. The number of hydrogen-bond donors (Lipinski definition) is 1. The normalized spacial score (nSPS) is 13.5. The number of nitrogens with zero attached hydrogens (tertiary/aromatic N) is 1. The molecule has 1 heterocycles. The van der Waals surface area contributed by atoms with Crippen LogP contribution in [-0.4, -0.2) is 25.0 Å². The summed E-state index contributed by atoms with van der Waals surface area (Å²) in [6, 6.07) is 4.08. The Morgan fingerprint density at radius 3 is 2.61 bits per heavy atom. The largest absolute Gasteiger partial charge is 0.330 e. The van der Waals surface area contributed by atoms with Crippen LogP contribution in [0.5, 0.6) is 0 Å². The van der Waals surface area contributed by atoms with Crippen molar-refractivity contribution >= 4 is 22.9 Å². The summed E-state index contributed by atoms with van der Waals surface area (Å²) in [7, 11) is 2.16. The maximum Gasteiger partial charge on any atom is 0.0931 e. The second-order valence-corrected chi connectivity index (χ2v) is 7.26. The van der Waals surface area contributed by atoms with Gasteiger partial charge in [-0.15, -0.1) is 11.3 Å². The summed E-state index contributed by atoms with van der Waals surface area (Å²) in [5.41, 5.74) is 5.83. The number of hydrogen-bond acceptors (Lipinski definition) is 3. The minimum atomic E-state index is 0.652. The molecule has 2 nitrogen and oxygen atoms in total. The third-order valence-electron chi connectivity index (χ3n) is 3.11. The van der Waals surface area contributed by atoms with Crippen LogP contribution in [0.3, 0.4) is 0 Å². The predicted molar refractivity (Wildman–Crippen MR) is 82.3 cm³/mol. The van der Waals surface area contributed by atoms with Gasteiger partial charge >= 0.3 is 0 Å². The van der Waals surface area contributed by atoms with Crippen LogP contribution in [0.2, 0.25) is 4.34 Å². The van der Waals surface area contributed by atoms with E-state index in [1.165, 1.54) is 17.7 Å². The summed E-state index contributed by atoms with van der Waals surface area (Å²) in [5.74, 6) is 1.39. The third-order valence-corrected chi connectivity index (χ3v) is 4.33. The molecule has 1 aromatic heterocycles. The Balaban J connectivity index is 2.29. The predicted octanol–water partition coefficient (Wildman–Crippen LogP) is 3.84. The minimum Gasteiger partial charge on any atom is -0.330 e. The van der Waals surface area contributed by atoms with Crippen molar-refractivity contribution in [3.05, 3.63) is 21.3 Å². The summed E-state index contributed by atoms with van der Waals surface area (Å²) in [5, 5.41) is 0. The summed E-state index contributed by atoms with van der Waals surface area (Å²) >= 11 is 7.60. The van der Waals surface area contributed by atoms with Crippen molar-refractivity contribution in [3.63, 3.8) is 0 Å². The van der Waals surface area contributed by atoms with Crippen LogP contribution in [-0.2, 0) is 6.54 Å². The Hall–Kier alpha value is -0.0900. The van der Waals surface area contributed by atoms with E-state index in [-0.39, 0.29) is 0 Å². The first-order chi connectivity index (χ1) is 8.51. The average molecular weight is 289 g/mol. The smallest absolute Gasteiger partial charge is 0.0931 e. The quantitative estimate of drug-likeness (QED) is 0.787. The number of thiophene rings is 1. The first-order valence-corrected chi connectivity index (χ1v) is 7.83. The molecule has 0 aliphatic heterocycles. The monoisotopic (exact) mass is 288 g/mol. The van der Waals surface area contributed by atoms with E-state index in [0.717, 1.165) is 29.9 Å². The molecule has 0 bridgehead atoms. The van der Waals surface area contributed by atoms with E-state index in [2.05, 4.69) is 31.9 Å². The molecule has 2 N–H and O–H groups in total. The van der Waals surface area contributed by atoms with Crippen LogP contribution in [0.4, 0.5) is 0 Å². The SMILES string of the molecule is CC(C)C[C@H](CN)CCN(C)Cc1ccc(Cl)s1. The second-order valence-electron chi connectivity index (χ2n) is 5.46. The molecular weight excluding hydrogens is 264 g/mol. The van der Waals surface area contributed by atoms with Crippen molar-refractivity contribution in [2.24, 2.45) is 17.6 Å². The summed E-state index contributed by atoms with van der Waals surface area (Å²) in [6.45, 7) is 7.41. The zero-order chi connectivity index (χ0) is 13.5. The lowest BCUT2D eigenvalue weighted by Crippen LogP contribution is -2.24. The van der Waals surface area contributed by atoms with Crippen LogP contribution in [0.25, 0.3) is 0 Å². The van der Waals surface area contributed by atoms with Crippen molar-refractivity contribution in [2.75, 3.05) is 20.1 Å². The number of halogens is 1. The molecule has 0 radical (unpaired) electrons. The zero-order valence-electron chi connectivity index (χ0n) is 11.7. The number of nitrogens with two attached hydrogens (primary N) is 1. The second kappa shape index (κ2) is 8.16. The van der Waals surface area contributed by atoms with Gasteiger partial charge in [0.1, 0.15) is 0 Å². The topological polar surface area (TPSA) is 29.3 Å². The van der Waals surface area contributed by atoms with E-state index in [1.54, 1.807) is 11.3 Å². The fraction of sp³-hybridized carbons (Fsp3) is 0.714. The van der Waals surface area contributed by atoms with Crippen LogP contribution in [0.15, 0.2) is 12.1 Å². The molecule has 104 valence electrons. The molecule has 0 fully saturated rings. The highest BCUT2D eigenvalue weighted by atomic mass is 35.5. The Kier molecular flexibility index (Phi) is 7.23. The van der Waals surface area contributed by atoms with Gasteiger partial charge in [0.15, 0.2) is 0 Å². The fourth-order valence-electron chi connectivity index (χ4n) is 2.18. The molecule has 18 heavy (non-hydrogen) atoms. The maximum absolute atomic E-state index is 5.93. The molecule has 1 aromatic rings. The Morgan fingerprint density at radius 2 is 2.11 bits per heavy atom. The zero-order valence-corrected chi connectivity index (χ0v) is 13.2. The van der Waals surface area contributed by atoms with Crippen molar-refractivity contribution < 1.29 is 0 Å². The molecule has 0 amide bonds. The van der Waals surface area contributed by atoms with Crippen molar-refractivity contribution in [3.8, 4) is 0 Å². The summed E-state index contributed by atoms with van der Waals surface area (Å²) < 4.78 is 0.873. The first kappa shape index (κ1) is 16.0. The van der Waals surface area contributed by atoms with Gasteiger partial charge in [0.25, 0.3) is 0 Å². The molecule has 0 aliphatic rings. The molecule has 0 aliphatic carbocycles. The molecule has 1 atom stereocenters. The van der Waals surface area contributed by atoms with E-state index in [4.69, 9.17) is 17.3 Å².